The van der Waals surface area contributed by atoms with Crippen molar-refractivity contribution in [2.45, 2.75) is 219 Å². The Bertz CT molecular complexity index is 1310. The van der Waals surface area contributed by atoms with Crippen LogP contribution in [0.4, 0.5) is 0 Å². The molecule has 0 aromatic carbocycles. The molecule has 0 fully saturated rings. The number of hydrogen-bond donors (Lipinski definition) is 2. The average molecular weight is 915 g/mol. The third kappa shape index (κ3) is 47.6. The van der Waals surface area contributed by atoms with E-state index in [9.17, 15) is 19.4 Å². The van der Waals surface area contributed by atoms with Gasteiger partial charge in [-0.1, -0.05) is 214 Å². The van der Waals surface area contributed by atoms with Crippen LogP contribution >= 0.6 is 7.82 Å². The van der Waals surface area contributed by atoms with Gasteiger partial charge in [0.15, 0.2) is 0 Å². The number of quaternary nitrogens is 1. The van der Waals surface area contributed by atoms with Gasteiger partial charge in [-0.15, -0.1) is 0 Å². The molecule has 3 unspecified atom stereocenters. The normalized spacial score (nSPS) is 14.8. The third-order valence-electron chi connectivity index (χ3n) is 11.1. The molecule has 0 saturated heterocycles. The van der Waals surface area contributed by atoms with Crippen molar-refractivity contribution in [1.82, 2.24) is 5.32 Å². The maximum Gasteiger partial charge on any atom is 0.268 e. The second-order valence-electron chi connectivity index (χ2n) is 18.5. The number of allylic oxidation sites excluding steroid dienone is 13. The number of amides is 1. The summed E-state index contributed by atoms with van der Waals surface area (Å²) in [6.45, 7) is 4.52. The van der Waals surface area contributed by atoms with E-state index < -0.39 is 20.0 Å². The number of phosphoric acid groups is 1. The number of likely N-dealkylation sites (N-methyl/N-ethyl adjacent to an activating group) is 1. The van der Waals surface area contributed by atoms with Crippen LogP contribution in [0.5, 0.6) is 0 Å². The SMILES string of the molecule is CC/C=C\C/C=C\C/C=C\C/C=C\C/C=C\C/C=C\CCCCCCCCCCC(=O)NC(COP(=O)([O-])OCC[N+](C)(C)C)C(O)/C=C/CCCCCCCCCCCCCCC. The van der Waals surface area contributed by atoms with Crippen molar-refractivity contribution in [2.75, 3.05) is 40.9 Å². The van der Waals surface area contributed by atoms with E-state index in [2.05, 4.69) is 92.1 Å². The molecule has 3 atom stereocenters. The number of phosphoric ester groups is 1. The smallest absolute Gasteiger partial charge is 0.268 e. The van der Waals surface area contributed by atoms with Crippen molar-refractivity contribution >= 4 is 13.7 Å². The zero-order valence-corrected chi connectivity index (χ0v) is 42.8. The first kappa shape index (κ1) is 61.7. The van der Waals surface area contributed by atoms with Crippen LogP contribution in [-0.2, 0) is 18.4 Å². The first-order chi connectivity index (χ1) is 31.0. The molecule has 0 heterocycles. The number of unbranched alkanes of at least 4 members (excludes halogenated alkanes) is 21. The van der Waals surface area contributed by atoms with Crippen molar-refractivity contribution in [1.29, 1.82) is 0 Å². The lowest BCUT2D eigenvalue weighted by Gasteiger charge is -2.29. The second kappa shape index (κ2) is 45.8. The van der Waals surface area contributed by atoms with Gasteiger partial charge in [-0.2, -0.15) is 0 Å². The Morgan fingerprint density at radius 1 is 0.562 bits per heavy atom. The van der Waals surface area contributed by atoms with Gasteiger partial charge < -0.3 is 28.8 Å². The zero-order chi connectivity index (χ0) is 47.1. The molecule has 0 aliphatic heterocycles. The first-order valence-electron chi connectivity index (χ1n) is 25.9. The van der Waals surface area contributed by atoms with Crippen LogP contribution in [0.25, 0.3) is 0 Å². The minimum atomic E-state index is -4.60. The fourth-order valence-corrected chi connectivity index (χ4v) is 7.76. The van der Waals surface area contributed by atoms with Crippen molar-refractivity contribution in [3.05, 3.63) is 85.1 Å². The quantitative estimate of drug-likeness (QED) is 0.0273. The number of aliphatic hydroxyl groups excluding tert-OH is 1. The van der Waals surface area contributed by atoms with Gasteiger partial charge in [0.2, 0.25) is 5.91 Å². The number of carbonyl (C=O) groups is 1. The van der Waals surface area contributed by atoms with Gasteiger partial charge in [-0.25, -0.2) is 0 Å². The maximum absolute atomic E-state index is 12.9. The van der Waals surface area contributed by atoms with Crippen LogP contribution < -0.4 is 10.2 Å². The Balaban J connectivity index is 4.29. The fourth-order valence-electron chi connectivity index (χ4n) is 7.04. The highest BCUT2D eigenvalue weighted by molar-refractivity contribution is 7.45. The Morgan fingerprint density at radius 3 is 1.39 bits per heavy atom. The first-order valence-corrected chi connectivity index (χ1v) is 27.4. The Labute approximate surface area is 395 Å². The number of hydrogen-bond acceptors (Lipinski definition) is 6. The zero-order valence-electron chi connectivity index (χ0n) is 42.0. The summed E-state index contributed by atoms with van der Waals surface area (Å²) >= 11 is 0. The van der Waals surface area contributed by atoms with Gasteiger partial charge in [-0.3, -0.25) is 9.36 Å². The van der Waals surface area contributed by atoms with Crippen LogP contribution in [0.1, 0.15) is 206 Å². The van der Waals surface area contributed by atoms with Crippen molar-refractivity contribution in [3.8, 4) is 0 Å². The number of nitrogens with one attached hydrogen (secondary N) is 1. The molecule has 0 spiro atoms. The molecule has 0 radical (unpaired) electrons. The van der Waals surface area contributed by atoms with Crippen molar-refractivity contribution in [2.24, 2.45) is 0 Å². The van der Waals surface area contributed by atoms with Gasteiger partial charge in [0.25, 0.3) is 7.82 Å². The summed E-state index contributed by atoms with van der Waals surface area (Å²) in [5.41, 5.74) is 0. The molecule has 0 aliphatic carbocycles. The van der Waals surface area contributed by atoms with Crippen LogP contribution in [0, 0.1) is 0 Å². The topological polar surface area (TPSA) is 108 Å². The number of aliphatic hydroxyl groups is 1. The molecule has 0 aromatic heterocycles. The minimum absolute atomic E-state index is 0.00674. The molecule has 9 heteroatoms. The van der Waals surface area contributed by atoms with E-state index >= 15 is 0 Å². The standard InChI is InChI=1S/C55H99N2O6P/c1-6-8-10-12-14-16-18-20-22-23-24-25-26-27-28-29-30-31-32-33-35-37-39-41-43-45-47-49-55(59)56-53(52-63-64(60,61)62-51-50-57(3,4)5)54(58)48-46-44-42-40-38-36-34-21-19-17-15-13-11-9-7-2/h8,10,14,16,20,22,24-25,27-28,30-31,46,48,53-54,58H,6-7,9,11-13,15,17-19,21,23,26,29,32-45,47,49-52H2,1-5H3,(H-,56,59,60,61)/b10-8-,16-14-,22-20-,25-24-,28-27-,31-30-,48-46+. The van der Waals surface area contributed by atoms with Gasteiger partial charge in [0.05, 0.1) is 39.9 Å². The molecule has 64 heavy (non-hydrogen) atoms. The Morgan fingerprint density at radius 2 is 0.953 bits per heavy atom. The molecule has 0 rings (SSSR count). The highest BCUT2D eigenvalue weighted by atomic mass is 31.2. The Kier molecular flexibility index (Phi) is 44.2. The monoisotopic (exact) mass is 915 g/mol. The van der Waals surface area contributed by atoms with E-state index in [0.29, 0.717) is 17.4 Å². The van der Waals surface area contributed by atoms with Crippen molar-refractivity contribution in [3.63, 3.8) is 0 Å². The molecule has 0 saturated carbocycles. The minimum Gasteiger partial charge on any atom is -0.756 e. The number of nitrogens with zero attached hydrogens (tertiary/aromatic N) is 1. The lowest BCUT2D eigenvalue weighted by Crippen LogP contribution is -2.45. The molecule has 8 nitrogen and oxygen atoms in total. The lowest BCUT2D eigenvalue weighted by atomic mass is 10.0. The number of carbonyl (C=O) groups excluding carboxylic acids is 1. The summed E-state index contributed by atoms with van der Waals surface area (Å²) in [5.74, 6) is -0.210. The molecule has 2 N–H and O–H groups in total. The highest BCUT2D eigenvalue weighted by Gasteiger charge is 2.23. The molecule has 370 valence electrons. The van der Waals surface area contributed by atoms with Crippen LogP contribution in [0.3, 0.4) is 0 Å². The van der Waals surface area contributed by atoms with Gasteiger partial charge in [0.1, 0.15) is 13.2 Å². The molecule has 1 amide bonds. The van der Waals surface area contributed by atoms with E-state index in [-0.39, 0.29) is 19.1 Å². The van der Waals surface area contributed by atoms with Gasteiger partial charge in [-0.05, 0) is 70.6 Å². The maximum atomic E-state index is 12.9. The van der Waals surface area contributed by atoms with E-state index in [1.54, 1.807) is 6.08 Å². The van der Waals surface area contributed by atoms with E-state index in [0.717, 1.165) is 89.9 Å². The van der Waals surface area contributed by atoms with Crippen LogP contribution in [-0.4, -0.2) is 68.5 Å². The summed E-state index contributed by atoms with van der Waals surface area (Å²) in [7, 11) is 1.24. The molecule has 0 aliphatic rings. The van der Waals surface area contributed by atoms with Gasteiger partial charge in [0, 0.05) is 6.42 Å². The average Bonchev–Trinajstić information content (AvgIpc) is 3.25. The number of rotatable bonds is 46. The molecular weight excluding hydrogens is 816 g/mol. The van der Waals surface area contributed by atoms with Crippen molar-refractivity contribution < 1.29 is 32.9 Å². The van der Waals surface area contributed by atoms with E-state index in [1.807, 2.05) is 27.2 Å². The predicted octanol–water partition coefficient (Wildman–Crippen LogP) is 14.7. The van der Waals surface area contributed by atoms with E-state index in [4.69, 9.17) is 9.05 Å². The second-order valence-corrected chi connectivity index (χ2v) is 19.9. The Hall–Kier alpha value is -2.32. The lowest BCUT2D eigenvalue weighted by molar-refractivity contribution is -0.870. The molecule has 0 aromatic rings. The fraction of sp³-hybridized carbons (Fsp3) is 0.727. The third-order valence-corrected chi connectivity index (χ3v) is 12.1. The molecular formula is C55H99N2O6P. The van der Waals surface area contributed by atoms with Crippen LogP contribution in [0.2, 0.25) is 0 Å². The summed E-state index contributed by atoms with van der Waals surface area (Å²) in [6, 6.07) is -0.896. The summed E-state index contributed by atoms with van der Waals surface area (Å²) in [5, 5.41) is 13.8. The van der Waals surface area contributed by atoms with Crippen LogP contribution in [0.15, 0.2) is 85.1 Å². The van der Waals surface area contributed by atoms with E-state index in [1.165, 1.54) is 96.3 Å². The van der Waals surface area contributed by atoms with Gasteiger partial charge >= 0.3 is 0 Å². The predicted molar refractivity (Wildman–Crippen MR) is 274 cm³/mol. The highest BCUT2D eigenvalue weighted by Crippen LogP contribution is 2.38. The largest absolute Gasteiger partial charge is 0.756 e. The summed E-state index contributed by atoms with van der Waals surface area (Å²) in [6.07, 6.45) is 63.5. The molecule has 0 bridgehead atoms. The summed E-state index contributed by atoms with van der Waals surface area (Å²) < 4.78 is 23.3. The summed E-state index contributed by atoms with van der Waals surface area (Å²) in [4.78, 5) is 25.4.